The van der Waals surface area contributed by atoms with Crippen molar-refractivity contribution in [2.24, 2.45) is 0 Å². The van der Waals surface area contributed by atoms with Crippen LogP contribution in [0.15, 0.2) is 33.5 Å². The van der Waals surface area contributed by atoms with Crippen molar-refractivity contribution in [2.45, 2.75) is 25.5 Å². The predicted octanol–water partition coefficient (Wildman–Crippen LogP) is 0.0248. The first-order valence-corrected chi connectivity index (χ1v) is 7.01. The number of methoxy groups -OCH3 is 1. The molecule has 8 nitrogen and oxygen atoms in total. The van der Waals surface area contributed by atoms with Crippen LogP contribution < -0.4 is 11.1 Å². The molecule has 0 aliphatic carbocycles. The van der Waals surface area contributed by atoms with Crippen molar-refractivity contribution < 1.29 is 23.8 Å². The number of nitrogens with zero attached hydrogens (tertiary/aromatic N) is 1. The van der Waals surface area contributed by atoms with Crippen LogP contribution in [0.25, 0.3) is 11.1 Å². The number of hydrogen-bond donors (Lipinski definition) is 2. The third-order valence-corrected chi connectivity index (χ3v) is 3.39. The summed E-state index contributed by atoms with van der Waals surface area (Å²) < 4.78 is 10.9. The molecule has 1 aromatic carbocycles. The lowest BCUT2D eigenvalue weighted by Crippen LogP contribution is -2.47. The number of hydrogen-bond acceptors (Lipinski definition) is 6. The zero-order valence-corrected chi connectivity index (χ0v) is 12.9. The minimum Gasteiger partial charge on any atom is -0.467 e. The molecule has 1 heterocycles. The molecule has 2 N–H and O–H groups in total. The van der Waals surface area contributed by atoms with Gasteiger partial charge in [-0.25, -0.2) is 9.59 Å². The maximum absolute atomic E-state index is 11.8. The van der Waals surface area contributed by atoms with Gasteiger partial charge in [0.15, 0.2) is 11.2 Å². The van der Waals surface area contributed by atoms with Gasteiger partial charge in [-0.1, -0.05) is 12.1 Å². The Balaban J connectivity index is 1.95. The number of nitrogens with one attached hydrogen (secondary N) is 1. The van der Waals surface area contributed by atoms with Crippen LogP contribution in [0.3, 0.4) is 0 Å². The highest BCUT2D eigenvalue weighted by Gasteiger charge is 2.31. The van der Waals surface area contributed by atoms with Crippen LogP contribution in [0.4, 0.5) is 0 Å². The molecule has 0 fully saturated rings. The van der Waals surface area contributed by atoms with E-state index in [1.165, 1.54) is 11.5 Å². The van der Waals surface area contributed by atoms with E-state index in [1.807, 2.05) is 0 Å². The fourth-order valence-electron chi connectivity index (χ4n) is 2.09. The summed E-state index contributed by atoms with van der Waals surface area (Å²) in [5.74, 6) is -1.79. The molecule has 8 heteroatoms. The topological polar surface area (TPSA) is 111 Å². The van der Waals surface area contributed by atoms with Crippen LogP contribution >= 0.6 is 0 Å². The molecular weight excluding hydrogens is 304 g/mol. The number of benzene rings is 1. The molecule has 0 radical (unpaired) electrons. The Labute approximate surface area is 131 Å². The highest BCUT2D eigenvalue weighted by Crippen LogP contribution is 2.12. The van der Waals surface area contributed by atoms with E-state index in [0.29, 0.717) is 11.1 Å². The Kier molecular flexibility index (Phi) is 4.85. The number of carbonyl (C=O) groups is 2. The molecule has 0 aliphatic rings. The van der Waals surface area contributed by atoms with Gasteiger partial charge >= 0.3 is 11.7 Å². The number of fused-ring (bicyclic) bond motifs is 1. The van der Waals surface area contributed by atoms with Crippen molar-refractivity contribution in [3.05, 3.63) is 34.8 Å². The van der Waals surface area contributed by atoms with E-state index in [2.05, 4.69) is 10.1 Å². The molecule has 1 amide bonds. The monoisotopic (exact) mass is 322 g/mol. The third kappa shape index (κ3) is 3.78. The SMILES string of the molecule is COC(=O)[C@@](C)(O)CNC(=O)CCn1c(=O)oc2ccccc21. The largest absolute Gasteiger partial charge is 0.467 e. The summed E-state index contributed by atoms with van der Waals surface area (Å²) in [6.45, 7) is 1.09. The van der Waals surface area contributed by atoms with Crippen LogP contribution in [0.2, 0.25) is 0 Å². The number of aromatic nitrogens is 1. The van der Waals surface area contributed by atoms with Crippen LogP contribution in [-0.2, 0) is 20.9 Å². The first kappa shape index (κ1) is 16.8. The van der Waals surface area contributed by atoms with Gasteiger partial charge in [0, 0.05) is 13.0 Å². The lowest BCUT2D eigenvalue weighted by molar-refractivity contribution is -0.160. The van der Waals surface area contributed by atoms with Crippen LogP contribution in [0.5, 0.6) is 0 Å². The van der Waals surface area contributed by atoms with Gasteiger partial charge in [-0.2, -0.15) is 0 Å². The number of amides is 1. The Bertz CT molecular complexity index is 774. The summed E-state index contributed by atoms with van der Waals surface area (Å²) in [5.41, 5.74) is -0.748. The van der Waals surface area contributed by atoms with E-state index in [1.54, 1.807) is 24.3 Å². The van der Waals surface area contributed by atoms with Gasteiger partial charge < -0.3 is 19.6 Å². The molecule has 2 aromatic rings. The number of oxazole rings is 1. The fourth-order valence-corrected chi connectivity index (χ4v) is 2.09. The Hall–Kier alpha value is -2.61. The van der Waals surface area contributed by atoms with Crippen molar-refractivity contribution in [3.8, 4) is 0 Å². The summed E-state index contributed by atoms with van der Waals surface area (Å²) in [6, 6.07) is 6.90. The number of aliphatic hydroxyl groups is 1. The molecule has 0 aliphatic heterocycles. The average molecular weight is 322 g/mol. The summed E-state index contributed by atoms with van der Waals surface area (Å²) in [7, 11) is 1.15. The summed E-state index contributed by atoms with van der Waals surface area (Å²) in [5, 5.41) is 12.2. The molecule has 23 heavy (non-hydrogen) atoms. The minimum absolute atomic E-state index is 0.000681. The predicted molar refractivity (Wildman–Crippen MR) is 80.7 cm³/mol. The van der Waals surface area contributed by atoms with Gasteiger partial charge in [-0.3, -0.25) is 9.36 Å². The summed E-state index contributed by atoms with van der Waals surface area (Å²) >= 11 is 0. The second-order valence-corrected chi connectivity index (χ2v) is 5.28. The number of ether oxygens (including phenoxy) is 1. The maximum Gasteiger partial charge on any atom is 0.419 e. The molecule has 0 saturated carbocycles. The number of esters is 1. The van der Waals surface area contributed by atoms with Crippen LogP contribution in [0, 0.1) is 0 Å². The molecular formula is C15H18N2O6. The lowest BCUT2D eigenvalue weighted by Gasteiger charge is -2.20. The standard InChI is InChI=1S/C15H18N2O6/c1-15(21,13(19)22-2)9-16-12(18)7-8-17-10-5-3-4-6-11(10)23-14(17)20/h3-6,21H,7-9H2,1-2H3,(H,16,18)/t15-/m0/s1. The van der Waals surface area contributed by atoms with E-state index >= 15 is 0 Å². The molecule has 1 aromatic heterocycles. The smallest absolute Gasteiger partial charge is 0.419 e. The normalized spacial score (nSPS) is 13.5. The minimum atomic E-state index is -1.80. The fraction of sp³-hybridized carbons (Fsp3) is 0.400. The Morgan fingerprint density at radius 3 is 2.78 bits per heavy atom. The first-order chi connectivity index (χ1) is 10.8. The van der Waals surface area contributed by atoms with Crippen molar-refractivity contribution >= 4 is 23.0 Å². The quantitative estimate of drug-likeness (QED) is 0.726. The summed E-state index contributed by atoms with van der Waals surface area (Å²) in [6.07, 6.45) is 0.000681. The number of para-hydroxylation sites is 2. The van der Waals surface area contributed by atoms with E-state index in [4.69, 9.17) is 4.42 Å². The van der Waals surface area contributed by atoms with Crippen molar-refractivity contribution in [2.75, 3.05) is 13.7 Å². The van der Waals surface area contributed by atoms with Gasteiger partial charge in [0.1, 0.15) is 0 Å². The van der Waals surface area contributed by atoms with Gasteiger partial charge in [-0.15, -0.1) is 0 Å². The molecule has 124 valence electrons. The second-order valence-electron chi connectivity index (χ2n) is 5.28. The average Bonchev–Trinajstić information content (AvgIpc) is 2.85. The molecule has 0 bridgehead atoms. The second kappa shape index (κ2) is 6.66. The lowest BCUT2D eigenvalue weighted by atomic mass is 10.1. The van der Waals surface area contributed by atoms with E-state index in [9.17, 15) is 19.5 Å². The van der Waals surface area contributed by atoms with E-state index in [0.717, 1.165) is 7.11 Å². The van der Waals surface area contributed by atoms with E-state index in [-0.39, 0.29) is 19.5 Å². The Morgan fingerprint density at radius 2 is 2.09 bits per heavy atom. The van der Waals surface area contributed by atoms with Gasteiger partial charge in [0.2, 0.25) is 5.91 Å². The van der Waals surface area contributed by atoms with Crippen molar-refractivity contribution in [3.63, 3.8) is 0 Å². The molecule has 0 unspecified atom stereocenters. The number of rotatable bonds is 6. The number of aryl methyl sites for hydroxylation is 1. The van der Waals surface area contributed by atoms with E-state index < -0.39 is 23.2 Å². The van der Waals surface area contributed by atoms with Crippen LogP contribution in [-0.4, -0.2) is 40.8 Å². The molecule has 0 saturated heterocycles. The molecule has 0 spiro atoms. The van der Waals surface area contributed by atoms with Gasteiger partial charge in [0.05, 0.1) is 19.2 Å². The van der Waals surface area contributed by atoms with Gasteiger partial charge in [0.25, 0.3) is 0 Å². The third-order valence-electron chi connectivity index (χ3n) is 3.39. The zero-order chi connectivity index (χ0) is 17.0. The van der Waals surface area contributed by atoms with Crippen LogP contribution in [0.1, 0.15) is 13.3 Å². The summed E-state index contributed by atoms with van der Waals surface area (Å²) in [4.78, 5) is 34.9. The number of carbonyl (C=O) groups excluding carboxylic acids is 2. The molecule has 1 atom stereocenters. The maximum atomic E-state index is 11.8. The molecule has 2 rings (SSSR count). The van der Waals surface area contributed by atoms with Gasteiger partial charge in [-0.05, 0) is 19.1 Å². The highest BCUT2D eigenvalue weighted by molar-refractivity contribution is 5.81. The van der Waals surface area contributed by atoms with Crippen molar-refractivity contribution in [1.82, 2.24) is 9.88 Å². The highest BCUT2D eigenvalue weighted by atomic mass is 16.5. The Morgan fingerprint density at radius 1 is 1.39 bits per heavy atom. The van der Waals surface area contributed by atoms with Crippen molar-refractivity contribution in [1.29, 1.82) is 0 Å². The first-order valence-electron chi connectivity index (χ1n) is 7.01. The zero-order valence-electron chi connectivity index (χ0n) is 12.9.